The SMILES string of the molecule is COc1cc(COc2c(Br)cc(/C=C3/SC(=Nc4ccc(Cl)cc4)N(c4ccc(Cl)cc4)C3=O)cc2Br)ccc1OCc1ccccc1. The Labute approximate surface area is 309 Å². The molecule has 242 valence electrons. The number of ether oxygens (including phenoxy) is 3. The van der Waals surface area contributed by atoms with E-state index in [-0.39, 0.29) is 5.91 Å². The minimum atomic E-state index is -0.201. The van der Waals surface area contributed by atoms with Crippen molar-refractivity contribution in [2.45, 2.75) is 13.2 Å². The second-order valence-electron chi connectivity index (χ2n) is 10.5. The molecule has 0 unspecified atom stereocenters. The average molecular weight is 825 g/mol. The molecule has 1 saturated heterocycles. The fraction of sp³-hybridized carbons (Fsp3) is 0.0811. The van der Waals surface area contributed by atoms with Gasteiger partial charge in [0.1, 0.15) is 19.0 Å². The van der Waals surface area contributed by atoms with E-state index in [2.05, 4.69) is 31.9 Å². The monoisotopic (exact) mass is 822 g/mol. The molecule has 0 spiro atoms. The van der Waals surface area contributed by atoms with E-state index in [0.717, 1.165) is 25.6 Å². The number of nitrogens with zero attached hydrogens (tertiary/aromatic N) is 2. The third kappa shape index (κ3) is 8.28. The number of rotatable bonds is 10. The summed E-state index contributed by atoms with van der Waals surface area (Å²) in [7, 11) is 1.62. The van der Waals surface area contributed by atoms with E-state index in [9.17, 15) is 4.79 Å². The number of amides is 1. The first-order valence-electron chi connectivity index (χ1n) is 14.6. The number of aliphatic imine (C=N–C) groups is 1. The molecule has 5 aromatic carbocycles. The molecule has 1 aliphatic heterocycles. The standard InChI is InChI=1S/C37H26Br2Cl2N2O4S/c1-45-33-19-24(7-16-32(33)46-21-23-5-3-2-4-6-23)22-47-35-30(38)17-25(18-31(35)39)20-34-36(44)43(29-14-10-27(41)11-15-29)37(48-34)42-28-12-8-26(40)9-13-28/h2-20H,21-22H2,1H3/b34-20+,42-37?. The summed E-state index contributed by atoms with van der Waals surface area (Å²) >= 11 is 20.8. The van der Waals surface area contributed by atoms with Crippen molar-refractivity contribution >= 4 is 95.3 Å². The van der Waals surface area contributed by atoms with Crippen LogP contribution in [0.2, 0.25) is 10.0 Å². The van der Waals surface area contributed by atoms with Crippen LogP contribution in [0.3, 0.4) is 0 Å². The maximum absolute atomic E-state index is 13.8. The Morgan fingerprint density at radius 3 is 2.08 bits per heavy atom. The van der Waals surface area contributed by atoms with E-state index >= 15 is 0 Å². The lowest BCUT2D eigenvalue weighted by Gasteiger charge is -2.15. The van der Waals surface area contributed by atoms with Crippen LogP contribution in [-0.4, -0.2) is 18.2 Å². The van der Waals surface area contributed by atoms with Crippen LogP contribution in [0.5, 0.6) is 17.2 Å². The molecule has 1 amide bonds. The van der Waals surface area contributed by atoms with E-state index in [1.807, 2.05) is 66.7 Å². The summed E-state index contributed by atoms with van der Waals surface area (Å²) in [5.74, 6) is 1.70. The van der Waals surface area contributed by atoms with Gasteiger partial charge >= 0.3 is 0 Å². The lowest BCUT2D eigenvalue weighted by molar-refractivity contribution is -0.113. The Morgan fingerprint density at radius 1 is 0.771 bits per heavy atom. The Morgan fingerprint density at radius 2 is 1.42 bits per heavy atom. The second kappa shape index (κ2) is 15.7. The zero-order valence-corrected chi connectivity index (χ0v) is 30.8. The predicted molar refractivity (Wildman–Crippen MR) is 203 cm³/mol. The predicted octanol–water partition coefficient (Wildman–Crippen LogP) is 11.5. The number of hydrogen-bond donors (Lipinski definition) is 0. The van der Waals surface area contributed by atoms with Crippen molar-refractivity contribution in [2.75, 3.05) is 12.0 Å². The molecule has 1 fully saturated rings. The van der Waals surface area contributed by atoms with E-state index in [0.29, 0.717) is 62.0 Å². The van der Waals surface area contributed by atoms with E-state index in [1.54, 1.807) is 60.5 Å². The van der Waals surface area contributed by atoms with Gasteiger partial charge in [-0.2, -0.15) is 0 Å². The van der Waals surface area contributed by atoms with E-state index in [1.165, 1.54) is 11.8 Å². The summed E-state index contributed by atoms with van der Waals surface area (Å²) in [4.78, 5) is 20.6. The quantitative estimate of drug-likeness (QED) is 0.131. The van der Waals surface area contributed by atoms with Crippen molar-refractivity contribution in [1.29, 1.82) is 0 Å². The van der Waals surface area contributed by atoms with Gasteiger partial charge in [0.15, 0.2) is 16.7 Å². The summed E-state index contributed by atoms with van der Waals surface area (Å²) in [6, 6.07) is 33.7. The number of methoxy groups -OCH3 is 1. The highest BCUT2D eigenvalue weighted by atomic mass is 79.9. The van der Waals surface area contributed by atoms with Crippen molar-refractivity contribution in [3.63, 3.8) is 0 Å². The Kier molecular flexibility index (Phi) is 11.1. The molecular weight excluding hydrogens is 799 g/mol. The third-order valence-corrected chi connectivity index (χ3v) is 9.76. The Bertz CT molecular complexity index is 1980. The molecule has 6 nitrogen and oxygen atoms in total. The molecule has 5 aromatic rings. The molecule has 0 atom stereocenters. The van der Waals surface area contributed by atoms with Crippen LogP contribution in [0.25, 0.3) is 6.08 Å². The molecule has 48 heavy (non-hydrogen) atoms. The normalized spacial score (nSPS) is 14.5. The number of benzene rings is 5. The molecule has 1 heterocycles. The molecule has 0 N–H and O–H groups in total. The molecule has 0 aliphatic carbocycles. The molecule has 6 rings (SSSR count). The van der Waals surface area contributed by atoms with E-state index < -0.39 is 0 Å². The number of halogens is 4. The highest BCUT2D eigenvalue weighted by molar-refractivity contribution is 9.11. The van der Waals surface area contributed by atoms with Crippen LogP contribution in [0.4, 0.5) is 11.4 Å². The number of hydrogen-bond acceptors (Lipinski definition) is 6. The van der Waals surface area contributed by atoms with Gasteiger partial charge in [0, 0.05) is 10.0 Å². The van der Waals surface area contributed by atoms with Crippen molar-refractivity contribution in [3.8, 4) is 17.2 Å². The van der Waals surface area contributed by atoms with Gasteiger partial charge in [0.05, 0.1) is 32.3 Å². The highest BCUT2D eigenvalue weighted by Crippen LogP contribution is 2.41. The average Bonchev–Trinajstić information content (AvgIpc) is 3.38. The van der Waals surface area contributed by atoms with Crippen LogP contribution in [0, 0.1) is 0 Å². The van der Waals surface area contributed by atoms with Gasteiger partial charge in [0.25, 0.3) is 5.91 Å². The first-order chi connectivity index (χ1) is 23.3. The van der Waals surface area contributed by atoms with Crippen LogP contribution >= 0.6 is 66.8 Å². The first-order valence-corrected chi connectivity index (χ1v) is 17.7. The molecule has 0 radical (unpaired) electrons. The number of thioether (sulfide) groups is 1. The van der Waals surface area contributed by atoms with Gasteiger partial charge in [-0.25, -0.2) is 4.99 Å². The van der Waals surface area contributed by atoms with Crippen LogP contribution in [0.15, 0.2) is 128 Å². The zero-order chi connectivity index (χ0) is 33.6. The van der Waals surface area contributed by atoms with Crippen molar-refractivity contribution < 1.29 is 19.0 Å². The third-order valence-electron chi connectivity index (χ3n) is 7.11. The van der Waals surface area contributed by atoms with Gasteiger partial charge in [-0.05, 0) is 139 Å². The summed E-state index contributed by atoms with van der Waals surface area (Å²) in [6.45, 7) is 0.733. The fourth-order valence-electron chi connectivity index (χ4n) is 4.76. The minimum Gasteiger partial charge on any atom is -0.493 e. The summed E-state index contributed by atoms with van der Waals surface area (Å²) in [6.07, 6.45) is 1.83. The van der Waals surface area contributed by atoms with Crippen molar-refractivity contribution in [2.24, 2.45) is 4.99 Å². The van der Waals surface area contributed by atoms with Gasteiger partial charge in [-0.15, -0.1) is 0 Å². The molecule has 0 saturated carbocycles. The topological polar surface area (TPSA) is 60.4 Å². The Balaban J connectivity index is 1.20. The summed E-state index contributed by atoms with van der Waals surface area (Å²) in [5, 5.41) is 1.70. The summed E-state index contributed by atoms with van der Waals surface area (Å²) < 4.78 is 19.2. The molecule has 11 heteroatoms. The fourth-order valence-corrected chi connectivity index (χ4v) is 7.46. The van der Waals surface area contributed by atoms with Gasteiger partial charge < -0.3 is 14.2 Å². The van der Waals surface area contributed by atoms with Gasteiger partial charge in [0.2, 0.25) is 0 Å². The van der Waals surface area contributed by atoms with Crippen molar-refractivity contribution in [1.82, 2.24) is 0 Å². The number of amidine groups is 1. The molecule has 0 aromatic heterocycles. The molecule has 0 bridgehead atoms. The zero-order valence-electron chi connectivity index (χ0n) is 25.3. The molecular formula is C37H26Br2Cl2N2O4S. The van der Waals surface area contributed by atoms with Crippen LogP contribution in [-0.2, 0) is 18.0 Å². The number of carbonyl (C=O) groups is 1. The van der Waals surface area contributed by atoms with E-state index in [4.69, 9.17) is 42.4 Å². The second-order valence-corrected chi connectivity index (χ2v) is 14.1. The first kappa shape index (κ1) is 34.1. The maximum atomic E-state index is 13.8. The molecule has 1 aliphatic rings. The van der Waals surface area contributed by atoms with Gasteiger partial charge in [-0.3, -0.25) is 9.69 Å². The number of carbonyl (C=O) groups excluding carboxylic acids is 1. The van der Waals surface area contributed by atoms with Crippen LogP contribution in [0.1, 0.15) is 16.7 Å². The smallest absolute Gasteiger partial charge is 0.271 e. The highest BCUT2D eigenvalue weighted by Gasteiger charge is 2.35. The minimum absolute atomic E-state index is 0.201. The number of anilines is 1. The Hall–Kier alpha value is -3.73. The maximum Gasteiger partial charge on any atom is 0.271 e. The van der Waals surface area contributed by atoms with Crippen LogP contribution < -0.4 is 19.1 Å². The largest absolute Gasteiger partial charge is 0.493 e. The van der Waals surface area contributed by atoms with Crippen molar-refractivity contribution in [3.05, 3.63) is 150 Å². The summed E-state index contributed by atoms with van der Waals surface area (Å²) in [5.41, 5.74) is 4.11. The lowest BCUT2D eigenvalue weighted by atomic mass is 10.2. The lowest BCUT2D eigenvalue weighted by Crippen LogP contribution is -2.28. The van der Waals surface area contributed by atoms with Gasteiger partial charge in [-0.1, -0.05) is 59.6 Å².